The standard InChI is InChI=1S/C14H22N2O/c1-15(2)10-13(11-16(3)4)12-6-8-14(17-5)9-7-12/h6-10H,11H2,1-5H3/p+1/b13-10+. The van der Waals surface area contributed by atoms with Gasteiger partial charge < -0.3 is 14.5 Å². The fraction of sp³-hybridized carbons (Fsp3) is 0.429. The van der Waals surface area contributed by atoms with Gasteiger partial charge in [-0.3, -0.25) is 0 Å². The van der Waals surface area contributed by atoms with E-state index in [0.29, 0.717) is 0 Å². The quantitative estimate of drug-likeness (QED) is 0.811. The maximum Gasteiger partial charge on any atom is 0.118 e. The molecule has 17 heavy (non-hydrogen) atoms. The summed E-state index contributed by atoms with van der Waals surface area (Å²) in [5, 5.41) is 0. The normalized spacial score (nSPS) is 12.3. The van der Waals surface area contributed by atoms with Crippen molar-refractivity contribution in [3.63, 3.8) is 0 Å². The molecular formula is C14H23N2O+. The first-order valence-electron chi connectivity index (χ1n) is 5.83. The second kappa shape index (κ2) is 6.42. The van der Waals surface area contributed by atoms with Crippen molar-refractivity contribution in [3.05, 3.63) is 36.0 Å². The topological polar surface area (TPSA) is 16.9 Å². The van der Waals surface area contributed by atoms with Crippen LogP contribution >= 0.6 is 0 Å². The molecule has 94 valence electrons. The summed E-state index contributed by atoms with van der Waals surface area (Å²) in [6.07, 6.45) is 2.24. The molecule has 0 amide bonds. The van der Waals surface area contributed by atoms with E-state index in [1.165, 1.54) is 16.0 Å². The van der Waals surface area contributed by atoms with E-state index in [1.807, 2.05) is 12.1 Å². The fourth-order valence-electron chi connectivity index (χ4n) is 1.71. The Morgan fingerprint density at radius 1 is 1.24 bits per heavy atom. The number of likely N-dealkylation sites (N-methyl/N-ethyl adjacent to an activating group) is 1. The number of benzene rings is 1. The number of nitrogens with zero attached hydrogens (tertiary/aromatic N) is 1. The van der Waals surface area contributed by atoms with Crippen molar-refractivity contribution in [3.8, 4) is 5.75 Å². The third kappa shape index (κ3) is 4.59. The van der Waals surface area contributed by atoms with Crippen LogP contribution < -0.4 is 9.64 Å². The van der Waals surface area contributed by atoms with Gasteiger partial charge in [0, 0.05) is 12.1 Å². The van der Waals surface area contributed by atoms with Crippen LogP contribution in [0.3, 0.4) is 0 Å². The summed E-state index contributed by atoms with van der Waals surface area (Å²) >= 11 is 0. The average molecular weight is 235 g/mol. The molecule has 0 unspecified atom stereocenters. The Morgan fingerprint density at radius 2 is 1.82 bits per heavy atom. The summed E-state index contributed by atoms with van der Waals surface area (Å²) in [5.74, 6) is 0.898. The van der Waals surface area contributed by atoms with Gasteiger partial charge in [0.25, 0.3) is 0 Å². The molecule has 0 atom stereocenters. The van der Waals surface area contributed by atoms with Crippen molar-refractivity contribution in [2.75, 3.05) is 41.8 Å². The van der Waals surface area contributed by atoms with Crippen LogP contribution in [0.5, 0.6) is 5.75 Å². The molecule has 0 saturated carbocycles. The lowest BCUT2D eigenvalue weighted by molar-refractivity contribution is -0.800. The molecule has 0 aromatic heterocycles. The Labute approximate surface area is 104 Å². The second-order valence-corrected chi connectivity index (χ2v) is 4.71. The van der Waals surface area contributed by atoms with Gasteiger partial charge in [0.15, 0.2) is 0 Å². The Kier molecular flexibility index (Phi) is 5.19. The molecule has 0 aliphatic heterocycles. The van der Waals surface area contributed by atoms with E-state index < -0.39 is 0 Å². The molecule has 1 N–H and O–H groups in total. The molecule has 0 radical (unpaired) electrons. The first kappa shape index (κ1) is 13.7. The third-order valence-corrected chi connectivity index (χ3v) is 2.41. The van der Waals surface area contributed by atoms with Crippen LogP contribution in [0.4, 0.5) is 0 Å². The highest BCUT2D eigenvalue weighted by Crippen LogP contribution is 2.18. The van der Waals surface area contributed by atoms with Crippen LogP contribution in [-0.2, 0) is 0 Å². The van der Waals surface area contributed by atoms with Crippen LogP contribution in [-0.4, -0.2) is 46.7 Å². The summed E-state index contributed by atoms with van der Waals surface area (Å²) in [6, 6.07) is 8.22. The van der Waals surface area contributed by atoms with Gasteiger partial charge in [-0.25, -0.2) is 0 Å². The molecule has 3 heteroatoms. The van der Waals surface area contributed by atoms with Crippen molar-refractivity contribution < 1.29 is 9.64 Å². The molecule has 1 aromatic rings. The average Bonchev–Trinajstić information content (AvgIpc) is 2.27. The van der Waals surface area contributed by atoms with Crippen LogP contribution in [0.2, 0.25) is 0 Å². The lowest BCUT2D eigenvalue weighted by atomic mass is 10.1. The number of hydrogen-bond acceptors (Lipinski definition) is 2. The molecule has 0 bridgehead atoms. The van der Waals surface area contributed by atoms with Crippen molar-refractivity contribution in [2.45, 2.75) is 0 Å². The summed E-state index contributed by atoms with van der Waals surface area (Å²) in [7, 11) is 10.1. The SMILES string of the molecule is COc1ccc(/C(=C/[NH+](C)C)CN(C)C)cc1. The summed E-state index contributed by atoms with van der Waals surface area (Å²) < 4.78 is 5.18. The predicted molar refractivity (Wildman–Crippen MR) is 72.3 cm³/mol. The Morgan fingerprint density at radius 3 is 2.24 bits per heavy atom. The molecule has 1 aromatic carbocycles. The van der Waals surface area contributed by atoms with E-state index in [4.69, 9.17) is 4.74 Å². The summed E-state index contributed by atoms with van der Waals surface area (Å²) in [4.78, 5) is 3.50. The van der Waals surface area contributed by atoms with E-state index in [1.54, 1.807) is 7.11 Å². The molecule has 0 fully saturated rings. The van der Waals surface area contributed by atoms with Crippen LogP contribution in [0, 0.1) is 0 Å². The molecule has 3 nitrogen and oxygen atoms in total. The Bertz CT molecular complexity index is 366. The largest absolute Gasteiger partial charge is 0.497 e. The Hall–Kier alpha value is -1.32. The first-order chi connectivity index (χ1) is 8.02. The van der Waals surface area contributed by atoms with Crippen LogP contribution in [0.25, 0.3) is 5.57 Å². The molecule has 0 aliphatic carbocycles. The minimum absolute atomic E-state index is 0.898. The molecule has 0 spiro atoms. The predicted octanol–water partition coefficient (Wildman–Crippen LogP) is 0.742. The summed E-state index contributed by atoms with van der Waals surface area (Å²) in [6.45, 7) is 0.942. The number of methoxy groups -OCH3 is 1. The maximum absolute atomic E-state index is 5.18. The van der Waals surface area contributed by atoms with Gasteiger partial charge >= 0.3 is 0 Å². The van der Waals surface area contributed by atoms with Gasteiger partial charge in [-0.2, -0.15) is 0 Å². The van der Waals surface area contributed by atoms with Crippen LogP contribution in [0.1, 0.15) is 5.56 Å². The highest BCUT2D eigenvalue weighted by Gasteiger charge is 2.06. The van der Waals surface area contributed by atoms with Crippen molar-refractivity contribution in [1.29, 1.82) is 0 Å². The van der Waals surface area contributed by atoms with Gasteiger partial charge in [-0.05, 0) is 31.8 Å². The zero-order valence-electron chi connectivity index (χ0n) is 11.4. The van der Waals surface area contributed by atoms with Gasteiger partial charge in [0.1, 0.15) is 5.75 Å². The zero-order chi connectivity index (χ0) is 12.8. The van der Waals surface area contributed by atoms with E-state index >= 15 is 0 Å². The molecule has 0 aliphatic rings. The molecular weight excluding hydrogens is 212 g/mol. The fourth-order valence-corrected chi connectivity index (χ4v) is 1.71. The Balaban J connectivity index is 2.96. The van der Waals surface area contributed by atoms with Crippen molar-refractivity contribution >= 4 is 5.57 Å². The molecule has 0 saturated heterocycles. The zero-order valence-corrected chi connectivity index (χ0v) is 11.4. The number of quaternary nitrogens is 1. The second-order valence-electron chi connectivity index (χ2n) is 4.71. The van der Waals surface area contributed by atoms with Gasteiger partial charge in [-0.15, -0.1) is 0 Å². The number of hydrogen-bond donors (Lipinski definition) is 1. The summed E-state index contributed by atoms with van der Waals surface area (Å²) in [5.41, 5.74) is 2.58. The number of rotatable bonds is 5. The molecule has 1 rings (SSSR count). The number of nitrogens with one attached hydrogen (secondary N) is 1. The van der Waals surface area contributed by atoms with Crippen molar-refractivity contribution in [2.24, 2.45) is 0 Å². The highest BCUT2D eigenvalue weighted by atomic mass is 16.5. The minimum atomic E-state index is 0.898. The third-order valence-electron chi connectivity index (χ3n) is 2.41. The minimum Gasteiger partial charge on any atom is -0.497 e. The highest BCUT2D eigenvalue weighted by molar-refractivity contribution is 5.66. The molecule has 0 heterocycles. The van der Waals surface area contributed by atoms with Gasteiger partial charge in [0.2, 0.25) is 0 Å². The maximum atomic E-state index is 5.18. The number of ether oxygens (including phenoxy) is 1. The van der Waals surface area contributed by atoms with Gasteiger partial charge in [0.05, 0.1) is 27.4 Å². The van der Waals surface area contributed by atoms with Crippen molar-refractivity contribution in [1.82, 2.24) is 4.90 Å². The van der Waals surface area contributed by atoms with Gasteiger partial charge in [-0.1, -0.05) is 12.1 Å². The lowest BCUT2D eigenvalue weighted by Gasteiger charge is -2.14. The van der Waals surface area contributed by atoms with E-state index in [2.05, 4.69) is 51.4 Å². The van der Waals surface area contributed by atoms with E-state index in [9.17, 15) is 0 Å². The van der Waals surface area contributed by atoms with E-state index in [-0.39, 0.29) is 0 Å². The van der Waals surface area contributed by atoms with Crippen LogP contribution in [0.15, 0.2) is 30.5 Å². The first-order valence-corrected chi connectivity index (χ1v) is 5.83. The monoisotopic (exact) mass is 235 g/mol. The lowest BCUT2D eigenvalue weighted by Crippen LogP contribution is -3.00. The smallest absolute Gasteiger partial charge is 0.118 e. The van der Waals surface area contributed by atoms with E-state index in [0.717, 1.165) is 12.3 Å².